The van der Waals surface area contributed by atoms with E-state index in [1.807, 2.05) is 0 Å². The van der Waals surface area contributed by atoms with Crippen molar-refractivity contribution < 1.29 is 0 Å². The minimum atomic E-state index is 0.415. The van der Waals surface area contributed by atoms with E-state index in [9.17, 15) is 0 Å². The van der Waals surface area contributed by atoms with Gasteiger partial charge >= 0.3 is 0 Å². The average molecular weight is 247 g/mol. The zero-order valence-electron chi connectivity index (χ0n) is 12.0. The molecule has 0 saturated carbocycles. The molecule has 100 valence electrons. The topological polar surface area (TPSA) is 32.5 Å². The van der Waals surface area contributed by atoms with Crippen LogP contribution in [0.15, 0.2) is 18.2 Å². The normalized spacial score (nSPS) is 25.5. The fraction of sp³-hybridized carbons (Fsp3) is 0.600. The first-order valence-electron chi connectivity index (χ1n) is 6.77. The maximum Gasteiger partial charge on any atom is 0.0542 e. The third-order valence-electron chi connectivity index (χ3n) is 3.94. The van der Waals surface area contributed by atoms with Crippen LogP contribution in [0.3, 0.4) is 0 Å². The first-order valence-corrected chi connectivity index (χ1v) is 6.77. The minimum absolute atomic E-state index is 0.415. The largest absolute Gasteiger partial charge is 0.362 e. The van der Waals surface area contributed by atoms with E-state index in [4.69, 9.17) is 5.73 Å². The summed E-state index contributed by atoms with van der Waals surface area (Å²) in [5.41, 5.74) is 10.1. The van der Waals surface area contributed by atoms with Gasteiger partial charge in [-0.1, -0.05) is 18.2 Å². The molecule has 1 saturated heterocycles. The Morgan fingerprint density at radius 2 is 1.83 bits per heavy atom. The molecule has 3 nitrogen and oxygen atoms in total. The van der Waals surface area contributed by atoms with Gasteiger partial charge in [0.15, 0.2) is 0 Å². The van der Waals surface area contributed by atoms with E-state index in [1.165, 1.54) is 16.8 Å². The number of nitrogens with zero attached hydrogens (tertiary/aromatic N) is 2. The first kappa shape index (κ1) is 13.4. The van der Waals surface area contributed by atoms with Gasteiger partial charge in [0.25, 0.3) is 0 Å². The first-order chi connectivity index (χ1) is 8.54. The lowest BCUT2D eigenvalue weighted by Gasteiger charge is -2.47. The highest BCUT2D eigenvalue weighted by Crippen LogP contribution is 2.30. The summed E-state index contributed by atoms with van der Waals surface area (Å²) in [6.07, 6.45) is 0. The lowest BCUT2D eigenvalue weighted by Crippen LogP contribution is -2.59. The van der Waals surface area contributed by atoms with Crippen molar-refractivity contribution >= 4 is 5.69 Å². The smallest absolute Gasteiger partial charge is 0.0542 e. The summed E-state index contributed by atoms with van der Waals surface area (Å²) < 4.78 is 0. The monoisotopic (exact) mass is 247 g/mol. The molecule has 0 bridgehead atoms. The molecule has 18 heavy (non-hydrogen) atoms. The van der Waals surface area contributed by atoms with Gasteiger partial charge in [-0.25, -0.2) is 0 Å². The molecule has 2 N–H and O–H groups in total. The number of anilines is 1. The van der Waals surface area contributed by atoms with E-state index in [-0.39, 0.29) is 0 Å². The molecule has 0 amide bonds. The molecule has 1 aromatic carbocycles. The van der Waals surface area contributed by atoms with Crippen LogP contribution in [-0.2, 0) is 0 Å². The molecule has 1 heterocycles. The SMILES string of the molecule is Cc1cccc(C)c1N1C(C)CN(C)CC1CN. The Bertz CT molecular complexity index is 396. The Morgan fingerprint density at radius 1 is 1.22 bits per heavy atom. The van der Waals surface area contributed by atoms with E-state index in [0.717, 1.165) is 13.1 Å². The van der Waals surface area contributed by atoms with Gasteiger partial charge in [0.2, 0.25) is 0 Å². The average Bonchev–Trinajstić information content (AvgIpc) is 2.30. The van der Waals surface area contributed by atoms with Crippen LogP contribution < -0.4 is 10.6 Å². The minimum Gasteiger partial charge on any atom is -0.362 e. The fourth-order valence-corrected chi connectivity index (χ4v) is 3.23. The number of nitrogens with two attached hydrogens (primary N) is 1. The number of aryl methyl sites for hydroxylation is 2. The van der Waals surface area contributed by atoms with Crippen LogP contribution >= 0.6 is 0 Å². The van der Waals surface area contributed by atoms with E-state index >= 15 is 0 Å². The van der Waals surface area contributed by atoms with Crippen LogP contribution in [0.1, 0.15) is 18.1 Å². The van der Waals surface area contributed by atoms with Crippen LogP contribution in [0.4, 0.5) is 5.69 Å². The lowest BCUT2D eigenvalue weighted by molar-refractivity contribution is 0.234. The van der Waals surface area contributed by atoms with Gasteiger partial charge in [0, 0.05) is 31.4 Å². The summed E-state index contributed by atoms with van der Waals surface area (Å²) in [6, 6.07) is 7.45. The Kier molecular flexibility index (Phi) is 3.93. The molecule has 2 atom stereocenters. The zero-order valence-corrected chi connectivity index (χ0v) is 12.0. The van der Waals surface area contributed by atoms with Gasteiger partial charge in [0.05, 0.1) is 6.04 Å². The molecule has 1 fully saturated rings. The number of para-hydroxylation sites is 1. The maximum atomic E-state index is 5.99. The standard InChI is InChI=1S/C15H25N3/c1-11-6-5-7-12(2)15(11)18-13(3)9-17(4)10-14(18)8-16/h5-7,13-14H,8-10,16H2,1-4H3. The van der Waals surface area contributed by atoms with E-state index in [0.29, 0.717) is 18.6 Å². The molecule has 0 aromatic heterocycles. The Balaban J connectivity index is 2.40. The predicted molar refractivity (Wildman–Crippen MR) is 78.2 cm³/mol. The molecule has 2 unspecified atom stereocenters. The molecule has 1 aromatic rings. The summed E-state index contributed by atoms with van der Waals surface area (Å²) in [6.45, 7) is 9.55. The molecule has 3 heteroatoms. The second kappa shape index (κ2) is 5.29. The van der Waals surface area contributed by atoms with Gasteiger partial charge < -0.3 is 15.5 Å². The van der Waals surface area contributed by atoms with Gasteiger partial charge in [-0.15, -0.1) is 0 Å². The van der Waals surface area contributed by atoms with Crippen molar-refractivity contribution in [3.63, 3.8) is 0 Å². The number of likely N-dealkylation sites (N-methyl/N-ethyl adjacent to an activating group) is 1. The number of hydrogen-bond acceptors (Lipinski definition) is 3. The van der Waals surface area contributed by atoms with E-state index in [2.05, 4.69) is 55.8 Å². The van der Waals surface area contributed by atoms with E-state index < -0.39 is 0 Å². The van der Waals surface area contributed by atoms with Crippen LogP contribution in [0, 0.1) is 13.8 Å². The molecular formula is C15H25N3. The molecule has 0 spiro atoms. The van der Waals surface area contributed by atoms with Crippen molar-refractivity contribution in [2.24, 2.45) is 5.73 Å². The van der Waals surface area contributed by atoms with Gasteiger partial charge in [-0.05, 0) is 38.9 Å². The summed E-state index contributed by atoms with van der Waals surface area (Å²) in [5, 5.41) is 0. The van der Waals surface area contributed by atoms with Crippen molar-refractivity contribution in [2.75, 3.05) is 31.6 Å². The van der Waals surface area contributed by atoms with Gasteiger partial charge in [0.1, 0.15) is 0 Å². The van der Waals surface area contributed by atoms with Crippen molar-refractivity contribution in [3.05, 3.63) is 29.3 Å². The molecular weight excluding hydrogens is 222 g/mol. The number of rotatable bonds is 2. The molecule has 1 aliphatic rings. The molecule has 0 radical (unpaired) electrons. The number of piperazine rings is 1. The van der Waals surface area contributed by atoms with Crippen LogP contribution in [-0.4, -0.2) is 43.7 Å². The highest BCUT2D eigenvalue weighted by molar-refractivity contribution is 5.60. The summed E-state index contributed by atoms with van der Waals surface area (Å²) in [5.74, 6) is 0. The van der Waals surface area contributed by atoms with Crippen molar-refractivity contribution in [3.8, 4) is 0 Å². The molecule has 2 rings (SSSR count). The van der Waals surface area contributed by atoms with Crippen LogP contribution in [0.25, 0.3) is 0 Å². The summed E-state index contributed by atoms with van der Waals surface area (Å²) in [7, 11) is 2.18. The fourth-order valence-electron chi connectivity index (χ4n) is 3.23. The quantitative estimate of drug-likeness (QED) is 0.864. The number of benzene rings is 1. The summed E-state index contributed by atoms with van der Waals surface area (Å²) >= 11 is 0. The molecule has 0 aliphatic carbocycles. The second-order valence-corrected chi connectivity index (χ2v) is 5.61. The maximum absolute atomic E-state index is 5.99. The van der Waals surface area contributed by atoms with Crippen LogP contribution in [0.5, 0.6) is 0 Å². The van der Waals surface area contributed by atoms with E-state index in [1.54, 1.807) is 0 Å². The second-order valence-electron chi connectivity index (χ2n) is 5.61. The Labute approximate surface area is 111 Å². The highest BCUT2D eigenvalue weighted by atomic mass is 15.3. The third-order valence-corrected chi connectivity index (χ3v) is 3.94. The Hall–Kier alpha value is -1.06. The number of hydrogen-bond donors (Lipinski definition) is 1. The Morgan fingerprint density at radius 3 is 2.39 bits per heavy atom. The van der Waals surface area contributed by atoms with Crippen molar-refractivity contribution in [2.45, 2.75) is 32.9 Å². The van der Waals surface area contributed by atoms with Gasteiger partial charge in [-0.3, -0.25) is 0 Å². The third kappa shape index (κ3) is 2.38. The summed E-state index contributed by atoms with van der Waals surface area (Å²) in [4.78, 5) is 4.91. The van der Waals surface area contributed by atoms with Crippen molar-refractivity contribution in [1.29, 1.82) is 0 Å². The van der Waals surface area contributed by atoms with Crippen molar-refractivity contribution in [1.82, 2.24) is 4.90 Å². The lowest BCUT2D eigenvalue weighted by atomic mass is 10.0. The zero-order chi connectivity index (χ0) is 13.3. The predicted octanol–water partition coefficient (Wildman–Crippen LogP) is 1.77. The van der Waals surface area contributed by atoms with Crippen LogP contribution in [0.2, 0.25) is 0 Å². The highest BCUT2D eigenvalue weighted by Gasteiger charge is 2.31. The molecule has 1 aliphatic heterocycles. The van der Waals surface area contributed by atoms with Gasteiger partial charge in [-0.2, -0.15) is 0 Å².